The van der Waals surface area contributed by atoms with E-state index in [2.05, 4.69) is 11.9 Å². The number of carboxylic acid groups (broad SMARTS) is 1. The van der Waals surface area contributed by atoms with Crippen molar-refractivity contribution in [2.75, 3.05) is 5.75 Å². The van der Waals surface area contributed by atoms with Crippen molar-refractivity contribution in [2.24, 2.45) is 0 Å². The van der Waals surface area contributed by atoms with Crippen molar-refractivity contribution in [3.63, 3.8) is 0 Å². The third-order valence-electron chi connectivity index (χ3n) is 4.10. The van der Waals surface area contributed by atoms with Crippen LogP contribution in [0.3, 0.4) is 0 Å². The predicted molar refractivity (Wildman–Crippen MR) is 84.3 cm³/mol. The Hall–Kier alpha value is -1.69. The summed E-state index contributed by atoms with van der Waals surface area (Å²) >= 11 is 1.86. The second-order valence-corrected chi connectivity index (χ2v) is 6.82. The van der Waals surface area contributed by atoms with Crippen LogP contribution in [0.15, 0.2) is 23.0 Å². The number of para-hydroxylation sites is 1. The van der Waals surface area contributed by atoms with E-state index in [1.54, 1.807) is 22.8 Å². The lowest BCUT2D eigenvalue weighted by Crippen LogP contribution is -2.26. The van der Waals surface area contributed by atoms with E-state index in [1.807, 2.05) is 11.8 Å². The molecule has 0 radical (unpaired) electrons. The molecular weight excluding hydrogens is 288 g/mol. The van der Waals surface area contributed by atoms with Gasteiger partial charge in [0.2, 0.25) is 0 Å². The fourth-order valence-corrected chi connectivity index (χ4v) is 4.52. The summed E-state index contributed by atoms with van der Waals surface area (Å²) in [6.07, 6.45) is 3.09. The molecule has 5 nitrogen and oxygen atoms in total. The Kier molecular flexibility index (Phi) is 3.80. The van der Waals surface area contributed by atoms with Gasteiger partial charge in [0.1, 0.15) is 0 Å². The number of fused-ring (bicyclic) bond motifs is 1. The highest BCUT2D eigenvalue weighted by molar-refractivity contribution is 7.99. The number of hydrogen-bond donors (Lipinski definition) is 2. The summed E-state index contributed by atoms with van der Waals surface area (Å²) in [5.41, 5.74) is 1.13. The van der Waals surface area contributed by atoms with Crippen LogP contribution in [0.5, 0.6) is 0 Å². The molecule has 0 saturated heterocycles. The minimum atomic E-state index is -0.994. The first kappa shape index (κ1) is 14.3. The molecule has 2 atom stereocenters. The van der Waals surface area contributed by atoms with Crippen LogP contribution < -0.4 is 5.69 Å². The van der Waals surface area contributed by atoms with Crippen LogP contribution in [-0.4, -0.2) is 31.6 Å². The third kappa shape index (κ3) is 2.37. The molecule has 1 heterocycles. The van der Waals surface area contributed by atoms with Crippen molar-refractivity contribution < 1.29 is 9.90 Å². The normalized spacial score (nSPS) is 22.0. The Bertz CT molecular complexity index is 734. The van der Waals surface area contributed by atoms with Gasteiger partial charge in [0, 0.05) is 5.25 Å². The van der Waals surface area contributed by atoms with Crippen molar-refractivity contribution in [2.45, 2.75) is 37.5 Å². The second-order valence-electron chi connectivity index (χ2n) is 5.30. The van der Waals surface area contributed by atoms with Gasteiger partial charge in [-0.3, -0.25) is 4.57 Å². The number of carboxylic acids is 1. The van der Waals surface area contributed by atoms with Gasteiger partial charge in [0.15, 0.2) is 0 Å². The quantitative estimate of drug-likeness (QED) is 0.911. The van der Waals surface area contributed by atoms with Gasteiger partial charge in [-0.05, 0) is 30.7 Å². The smallest absolute Gasteiger partial charge is 0.337 e. The highest BCUT2D eigenvalue weighted by Crippen LogP contribution is 2.39. The van der Waals surface area contributed by atoms with Gasteiger partial charge in [-0.1, -0.05) is 19.4 Å². The fraction of sp³-hybridized carbons (Fsp3) is 0.467. The van der Waals surface area contributed by atoms with Crippen LogP contribution in [0.1, 0.15) is 42.6 Å². The number of aromatic nitrogens is 2. The number of nitrogens with one attached hydrogen (secondary N) is 1. The Morgan fingerprint density at radius 1 is 1.48 bits per heavy atom. The summed E-state index contributed by atoms with van der Waals surface area (Å²) in [6.45, 7) is 2.11. The minimum Gasteiger partial charge on any atom is -0.478 e. The Labute approximate surface area is 126 Å². The summed E-state index contributed by atoms with van der Waals surface area (Å²) in [5.74, 6) is 0.00962. The van der Waals surface area contributed by atoms with E-state index in [0.29, 0.717) is 16.3 Å². The molecule has 2 N–H and O–H groups in total. The van der Waals surface area contributed by atoms with Crippen LogP contribution in [-0.2, 0) is 0 Å². The maximum absolute atomic E-state index is 12.4. The molecule has 2 aromatic rings. The van der Waals surface area contributed by atoms with Crippen molar-refractivity contribution >= 4 is 28.8 Å². The Morgan fingerprint density at radius 2 is 2.29 bits per heavy atom. The monoisotopic (exact) mass is 306 g/mol. The number of thioether (sulfide) groups is 1. The van der Waals surface area contributed by atoms with Gasteiger partial charge < -0.3 is 10.1 Å². The molecule has 2 unspecified atom stereocenters. The van der Waals surface area contributed by atoms with Crippen molar-refractivity contribution in [3.8, 4) is 0 Å². The molecule has 0 bridgehead atoms. The molecule has 0 amide bonds. The summed E-state index contributed by atoms with van der Waals surface area (Å²) < 4.78 is 1.68. The van der Waals surface area contributed by atoms with Crippen LogP contribution in [0.25, 0.3) is 11.0 Å². The zero-order valence-corrected chi connectivity index (χ0v) is 12.7. The van der Waals surface area contributed by atoms with Gasteiger partial charge in [-0.25, -0.2) is 9.59 Å². The number of benzene rings is 1. The van der Waals surface area contributed by atoms with Crippen LogP contribution in [0, 0.1) is 0 Å². The maximum atomic E-state index is 12.4. The molecule has 3 rings (SSSR count). The maximum Gasteiger partial charge on any atom is 0.337 e. The SMILES string of the molecule is CCSC1CCCC1n1c(=O)[nH]c2cccc(C(=O)O)c21. The van der Waals surface area contributed by atoms with Gasteiger partial charge >= 0.3 is 11.7 Å². The van der Waals surface area contributed by atoms with Crippen LogP contribution in [0.4, 0.5) is 0 Å². The summed E-state index contributed by atoms with van der Waals surface area (Å²) in [6, 6.07) is 5.07. The van der Waals surface area contributed by atoms with Crippen LogP contribution >= 0.6 is 11.8 Å². The van der Waals surface area contributed by atoms with Crippen LogP contribution in [0.2, 0.25) is 0 Å². The zero-order chi connectivity index (χ0) is 15.0. The Morgan fingerprint density at radius 3 is 3.00 bits per heavy atom. The first-order valence-corrected chi connectivity index (χ1v) is 8.26. The third-order valence-corrected chi connectivity index (χ3v) is 5.41. The summed E-state index contributed by atoms with van der Waals surface area (Å²) in [7, 11) is 0. The number of aromatic amines is 1. The molecule has 112 valence electrons. The zero-order valence-electron chi connectivity index (χ0n) is 11.8. The number of rotatable bonds is 4. The number of carbonyl (C=O) groups is 1. The molecule has 1 saturated carbocycles. The summed E-state index contributed by atoms with van der Waals surface area (Å²) in [5, 5.41) is 9.78. The highest BCUT2D eigenvalue weighted by Gasteiger charge is 2.32. The molecule has 0 spiro atoms. The lowest BCUT2D eigenvalue weighted by molar-refractivity contribution is 0.0698. The largest absolute Gasteiger partial charge is 0.478 e. The van der Waals surface area contributed by atoms with E-state index in [0.717, 1.165) is 25.0 Å². The number of hydrogen-bond acceptors (Lipinski definition) is 3. The fourth-order valence-electron chi connectivity index (χ4n) is 3.28. The highest BCUT2D eigenvalue weighted by atomic mass is 32.2. The van der Waals surface area contributed by atoms with E-state index >= 15 is 0 Å². The first-order valence-electron chi connectivity index (χ1n) is 7.21. The second kappa shape index (κ2) is 5.60. The standard InChI is InChI=1S/C15H18N2O3S/c1-2-21-12-8-4-7-11(12)17-13-9(14(18)19)5-3-6-10(13)16-15(17)20/h3,5-6,11-12H,2,4,7-8H2,1H3,(H,16,20)(H,18,19). The van der Waals surface area contributed by atoms with E-state index in [4.69, 9.17) is 0 Å². The molecule has 1 aliphatic rings. The van der Waals surface area contributed by atoms with Crippen molar-refractivity contribution in [3.05, 3.63) is 34.2 Å². The average molecular weight is 306 g/mol. The van der Waals surface area contributed by atoms with E-state index in [1.165, 1.54) is 0 Å². The topological polar surface area (TPSA) is 75.1 Å². The molecule has 1 aromatic heterocycles. The number of aromatic carboxylic acids is 1. The number of imidazole rings is 1. The van der Waals surface area contributed by atoms with Gasteiger partial charge in [0.25, 0.3) is 0 Å². The molecule has 0 aliphatic heterocycles. The molecule has 1 aromatic carbocycles. The lowest BCUT2D eigenvalue weighted by Gasteiger charge is -2.20. The molecule has 6 heteroatoms. The molecular formula is C15H18N2O3S. The van der Waals surface area contributed by atoms with E-state index in [9.17, 15) is 14.7 Å². The minimum absolute atomic E-state index is 0.0803. The van der Waals surface area contributed by atoms with Crippen molar-refractivity contribution in [1.29, 1.82) is 0 Å². The number of H-pyrrole nitrogens is 1. The summed E-state index contributed by atoms with van der Waals surface area (Å²) in [4.78, 5) is 26.6. The molecule has 1 aliphatic carbocycles. The lowest BCUT2D eigenvalue weighted by atomic mass is 10.1. The van der Waals surface area contributed by atoms with E-state index in [-0.39, 0.29) is 17.3 Å². The Balaban J connectivity index is 2.20. The first-order chi connectivity index (χ1) is 10.1. The van der Waals surface area contributed by atoms with E-state index < -0.39 is 5.97 Å². The van der Waals surface area contributed by atoms with Crippen molar-refractivity contribution in [1.82, 2.24) is 9.55 Å². The molecule has 1 fully saturated rings. The average Bonchev–Trinajstić information content (AvgIpc) is 3.01. The van der Waals surface area contributed by atoms with Gasteiger partial charge in [-0.15, -0.1) is 0 Å². The van der Waals surface area contributed by atoms with Gasteiger partial charge in [0.05, 0.1) is 22.6 Å². The number of nitrogens with zero attached hydrogens (tertiary/aromatic N) is 1. The molecule has 21 heavy (non-hydrogen) atoms. The predicted octanol–water partition coefficient (Wildman–Crippen LogP) is 2.87. The van der Waals surface area contributed by atoms with Gasteiger partial charge in [-0.2, -0.15) is 11.8 Å².